The van der Waals surface area contributed by atoms with Crippen molar-refractivity contribution in [3.8, 4) is 0 Å². The van der Waals surface area contributed by atoms with Crippen molar-refractivity contribution in [2.45, 2.75) is 95.4 Å². The van der Waals surface area contributed by atoms with Gasteiger partial charge in [0, 0.05) is 5.54 Å². The van der Waals surface area contributed by atoms with E-state index in [1.807, 2.05) is 0 Å². The highest BCUT2D eigenvalue weighted by Crippen LogP contribution is 2.71. The van der Waals surface area contributed by atoms with Crippen LogP contribution in [0, 0.1) is 23.2 Å². The van der Waals surface area contributed by atoms with Gasteiger partial charge in [-0.3, -0.25) is 4.90 Å². The monoisotopic (exact) mass is 301 g/mol. The van der Waals surface area contributed by atoms with Gasteiger partial charge in [0.05, 0.1) is 0 Å². The second kappa shape index (κ2) is 5.23. The summed E-state index contributed by atoms with van der Waals surface area (Å²) in [7, 11) is 0. The first-order valence-electron chi connectivity index (χ1n) is 10.6. The molecule has 0 amide bonds. The predicted octanol–water partition coefficient (Wildman–Crippen LogP) is 5.39. The van der Waals surface area contributed by atoms with Gasteiger partial charge in [0.1, 0.15) is 0 Å². The Bertz CT molecular complexity index is 416. The van der Waals surface area contributed by atoms with Crippen LogP contribution in [0.2, 0.25) is 0 Å². The fourth-order valence-corrected chi connectivity index (χ4v) is 8.44. The first kappa shape index (κ1) is 14.3. The largest absolute Gasteiger partial charge is 0.297 e. The molecule has 1 aliphatic heterocycles. The molecule has 1 nitrogen and oxygen atoms in total. The van der Waals surface area contributed by atoms with Gasteiger partial charge in [0.15, 0.2) is 0 Å². The first-order chi connectivity index (χ1) is 10.9. The van der Waals surface area contributed by atoms with E-state index in [4.69, 9.17) is 0 Å². The molecule has 1 spiro atoms. The second-order valence-corrected chi connectivity index (χ2v) is 9.49. The van der Waals surface area contributed by atoms with Crippen molar-refractivity contribution in [3.63, 3.8) is 0 Å². The number of hydrogen-bond acceptors (Lipinski definition) is 1. The maximum atomic E-state index is 3.10. The maximum absolute atomic E-state index is 3.10. The van der Waals surface area contributed by atoms with Crippen LogP contribution in [0.3, 0.4) is 0 Å². The van der Waals surface area contributed by atoms with Crippen molar-refractivity contribution in [1.82, 2.24) is 4.90 Å². The lowest BCUT2D eigenvalue weighted by Crippen LogP contribution is -2.58. The van der Waals surface area contributed by atoms with Crippen LogP contribution in [0.15, 0.2) is 0 Å². The number of piperidine rings is 1. The zero-order chi connectivity index (χ0) is 14.6. The lowest BCUT2D eigenvalue weighted by atomic mass is 9.67. The molecule has 4 atom stereocenters. The highest BCUT2D eigenvalue weighted by molar-refractivity contribution is 5.20. The van der Waals surface area contributed by atoms with E-state index in [-0.39, 0.29) is 0 Å². The number of hydrogen-bond donors (Lipinski definition) is 0. The van der Waals surface area contributed by atoms with Crippen molar-refractivity contribution in [2.75, 3.05) is 13.1 Å². The Morgan fingerprint density at radius 2 is 1.32 bits per heavy atom. The lowest BCUT2D eigenvalue weighted by molar-refractivity contribution is -0.0306. The standard InChI is InChI=1S/C21H35N/c1-4-14-22(15-5-1)21(17-8-2-3-9-17)16-18-10-6-12-20(18)13-7-11-19(20)21/h17-19H,1-16H2/t18-,19+,20+,21?/m1/s1. The minimum atomic E-state index is 0.665. The summed E-state index contributed by atoms with van der Waals surface area (Å²) in [5, 5.41) is 0. The van der Waals surface area contributed by atoms with Crippen molar-refractivity contribution in [1.29, 1.82) is 0 Å². The molecule has 22 heavy (non-hydrogen) atoms. The van der Waals surface area contributed by atoms with Crippen molar-refractivity contribution in [3.05, 3.63) is 0 Å². The van der Waals surface area contributed by atoms with Gasteiger partial charge in [-0.1, -0.05) is 32.1 Å². The van der Waals surface area contributed by atoms with E-state index >= 15 is 0 Å². The van der Waals surface area contributed by atoms with Crippen molar-refractivity contribution < 1.29 is 0 Å². The molecule has 0 aromatic carbocycles. The number of nitrogens with zero attached hydrogens (tertiary/aromatic N) is 1. The van der Waals surface area contributed by atoms with E-state index in [2.05, 4.69) is 4.90 Å². The van der Waals surface area contributed by atoms with Gasteiger partial charge in [0.2, 0.25) is 0 Å². The van der Waals surface area contributed by atoms with Crippen molar-refractivity contribution in [2.24, 2.45) is 23.2 Å². The Hall–Kier alpha value is -0.0400. The highest BCUT2D eigenvalue weighted by Gasteiger charge is 2.67. The zero-order valence-electron chi connectivity index (χ0n) is 14.5. The molecule has 0 aromatic heterocycles. The molecule has 124 valence electrons. The Kier molecular flexibility index (Phi) is 3.40. The molecule has 0 N–H and O–H groups in total. The van der Waals surface area contributed by atoms with Crippen LogP contribution < -0.4 is 0 Å². The molecule has 5 rings (SSSR count). The predicted molar refractivity (Wildman–Crippen MR) is 91.8 cm³/mol. The molecule has 1 heteroatoms. The summed E-state index contributed by atoms with van der Waals surface area (Å²) in [4.78, 5) is 3.10. The average molecular weight is 302 g/mol. The summed E-state index contributed by atoms with van der Waals surface area (Å²) in [5.74, 6) is 3.27. The summed E-state index contributed by atoms with van der Waals surface area (Å²) >= 11 is 0. The average Bonchev–Trinajstić information content (AvgIpc) is 3.29. The van der Waals surface area contributed by atoms with Crippen LogP contribution in [-0.2, 0) is 0 Å². The molecular formula is C21H35N. The van der Waals surface area contributed by atoms with Crippen LogP contribution in [-0.4, -0.2) is 23.5 Å². The maximum Gasteiger partial charge on any atom is 0.0274 e. The van der Waals surface area contributed by atoms with Gasteiger partial charge >= 0.3 is 0 Å². The second-order valence-electron chi connectivity index (χ2n) is 9.49. The molecule has 5 fully saturated rings. The smallest absolute Gasteiger partial charge is 0.0274 e. The third-order valence-electron chi connectivity index (χ3n) is 9.02. The third-order valence-corrected chi connectivity index (χ3v) is 9.02. The molecule has 4 aliphatic carbocycles. The Balaban J connectivity index is 1.56. The fourth-order valence-electron chi connectivity index (χ4n) is 8.44. The van der Waals surface area contributed by atoms with E-state index in [1.54, 1.807) is 57.8 Å². The molecule has 1 unspecified atom stereocenters. The number of rotatable bonds is 2. The summed E-state index contributed by atoms with van der Waals surface area (Å²) < 4.78 is 0. The minimum absolute atomic E-state index is 0.665. The van der Waals surface area contributed by atoms with Gasteiger partial charge in [0.25, 0.3) is 0 Å². The van der Waals surface area contributed by atoms with Crippen LogP contribution in [0.1, 0.15) is 89.9 Å². The minimum Gasteiger partial charge on any atom is -0.297 e. The molecule has 4 saturated carbocycles. The zero-order valence-corrected chi connectivity index (χ0v) is 14.5. The van der Waals surface area contributed by atoms with Gasteiger partial charge in [-0.15, -0.1) is 0 Å². The van der Waals surface area contributed by atoms with Crippen LogP contribution in [0.25, 0.3) is 0 Å². The Morgan fingerprint density at radius 1 is 0.636 bits per heavy atom. The van der Waals surface area contributed by atoms with Crippen LogP contribution in [0.4, 0.5) is 0 Å². The molecule has 5 aliphatic rings. The molecule has 0 aromatic rings. The molecule has 1 saturated heterocycles. The molecular weight excluding hydrogens is 266 g/mol. The van der Waals surface area contributed by atoms with Gasteiger partial charge < -0.3 is 0 Å². The van der Waals surface area contributed by atoms with E-state index in [9.17, 15) is 0 Å². The van der Waals surface area contributed by atoms with E-state index in [0.29, 0.717) is 5.54 Å². The van der Waals surface area contributed by atoms with Crippen LogP contribution >= 0.6 is 0 Å². The SMILES string of the molecule is C1CCN(C2(C3CCCC3)C[C@H]3CCC[C@]34CCC[C@H]24)CC1. The summed E-state index contributed by atoms with van der Waals surface area (Å²) in [6.45, 7) is 2.88. The topological polar surface area (TPSA) is 3.24 Å². The summed E-state index contributed by atoms with van der Waals surface area (Å²) in [5.41, 5.74) is 1.48. The van der Waals surface area contributed by atoms with Gasteiger partial charge in [-0.25, -0.2) is 0 Å². The van der Waals surface area contributed by atoms with Crippen molar-refractivity contribution >= 4 is 0 Å². The summed E-state index contributed by atoms with van der Waals surface area (Å²) in [6, 6.07) is 0. The molecule has 1 heterocycles. The fraction of sp³-hybridized carbons (Fsp3) is 1.00. The quantitative estimate of drug-likeness (QED) is 0.661. The van der Waals surface area contributed by atoms with E-state index in [0.717, 1.165) is 23.2 Å². The van der Waals surface area contributed by atoms with Gasteiger partial charge in [-0.05, 0) is 94.0 Å². The Labute approximate surface area is 137 Å². The first-order valence-corrected chi connectivity index (χ1v) is 10.6. The van der Waals surface area contributed by atoms with Crippen LogP contribution in [0.5, 0.6) is 0 Å². The normalized spacial score (nSPS) is 49.6. The molecule has 0 bridgehead atoms. The van der Waals surface area contributed by atoms with E-state index in [1.165, 1.54) is 45.2 Å². The summed E-state index contributed by atoms with van der Waals surface area (Å²) in [6.07, 6.45) is 21.8. The lowest BCUT2D eigenvalue weighted by Gasteiger charge is -2.52. The highest BCUT2D eigenvalue weighted by atomic mass is 15.2. The Morgan fingerprint density at radius 3 is 2.09 bits per heavy atom. The molecule has 0 radical (unpaired) electrons. The number of likely N-dealkylation sites (tertiary alicyclic amines) is 1. The third kappa shape index (κ3) is 1.75. The van der Waals surface area contributed by atoms with Gasteiger partial charge in [-0.2, -0.15) is 0 Å². The van der Waals surface area contributed by atoms with E-state index < -0.39 is 0 Å².